The van der Waals surface area contributed by atoms with Gasteiger partial charge in [-0.1, -0.05) is 11.8 Å². The van der Waals surface area contributed by atoms with Crippen molar-refractivity contribution in [1.29, 1.82) is 0 Å². The van der Waals surface area contributed by atoms with Crippen molar-refractivity contribution in [2.75, 3.05) is 12.4 Å². The molecule has 1 heterocycles. The monoisotopic (exact) mass is 430 g/mol. The molecule has 9 heteroatoms. The van der Waals surface area contributed by atoms with Crippen molar-refractivity contribution >= 4 is 29.9 Å². The van der Waals surface area contributed by atoms with E-state index in [9.17, 15) is 9.59 Å². The van der Waals surface area contributed by atoms with Gasteiger partial charge in [0.1, 0.15) is 11.4 Å². The van der Waals surface area contributed by atoms with Crippen LogP contribution in [0.1, 0.15) is 37.7 Å². The van der Waals surface area contributed by atoms with Crippen molar-refractivity contribution in [1.82, 2.24) is 15.4 Å². The fraction of sp³-hybridized carbons (Fsp3) is 0.381. The number of benzene rings is 1. The van der Waals surface area contributed by atoms with Crippen LogP contribution in [0.25, 0.3) is 0 Å². The minimum Gasteiger partial charge on any atom is -0.482 e. The van der Waals surface area contributed by atoms with E-state index < -0.39 is 11.6 Å². The third-order valence-corrected chi connectivity index (χ3v) is 4.20. The van der Waals surface area contributed by atoms with Crippen LogP contribution < -0.4 is 10.2 Å². The van der Waals surface area contributed by atoms with Crippen LogP contribution in [0.4, 0.5) is 0 Å². The number of aryl methyl sites for hydroxylation is 2. The van der Waals surface area contributed by atoms with Gasteiger partial charge in [0.25, 0.3) is 5.91 Å². The maximum absolute atomic E-state index is 11.9. The van der Waals surface area contributed by atoms with Gasteiger partial charge in [-0.2, -0.15) is 5.10 Å². The van der Waals surface area contributed by atoms with E-state index in [4.69, 9.17) is 9.47 Å². The van der Waals surface area contributed by atoms with Gasteiger partial charge < -0.3 is 9.47 Å². The Labute approximate surface area is 180 Å². The first-order valence-corrected chi connectivity index (χ1v) is 10.3. The maximum atomic E-state index is 11.9. The molecule has 0 atom stereocenters. The Kier molecular flexibility index (Phi) is 8.35. The molecule has 0 unspecified atom stereocenters. The van der Waals surface area contributed by atoms with Crippen LogP contribution >= 0.6 is 11.8 Å². The van der Waals surface area contributed by atoms with E-state index in [1.54, 1.807) is 45.0 Å². The molecule has 0 spiro atoms. The van der Waals surface area contributed by atoms with Gasteiger partial charge in [-0.05, 0) is 70.5 Å². The number of nitrogens with one attached hydrogen (secondary N) is 1. The number of esters is 1. The third-order valence-electron chi connectivity index (χ3n) is 3.35. The number of amides is 1. The summed E-state index contributed by atoms with van der Waals surface area (Å²) in [6, 6.07) is 8.82. The van der Waals surface area contributed by atoms with Gasteiger partial charge in [0.15, 0.2) is 11.8 Å². The van der Waals surface area contributed by atoms with E-state index in [1.807, 2.05) is 19.9 Å². The van der Waals surface area contributed by atoms with Crippen LogP contribution in [0, 0.1) is 13.8 Å². The molecule has 0 saturated carbocycles. The van der Waals surface area contributed by atoms with Crippen LogP contribution in [-0.2, 0) is 14.3 Å². The lowest BCUT2D eigenvalue weighted by Gasteiger charge is -2.19. The summed E-state index contributed by atoms with van der Waals surface area (Å²) in [4.78, 5) is 32.1. The Morgan fingerprint density at radius 3 is 2.37 bits per heavy atom. The first kappa shape index (κ1) is 23.3. The van der Waals surface area contributed by atoms with Crippen molar-refractivity contribution in [2.45, 2.75) is 45.4 Å². The Bertz CT molecular complexity index is 888. The lowest BCUT2D eigenvalue weighted by Crippen LogP contribution is -2.27. The Morgan fingerprint density at radius 1 is 1.13 bits per heavy atom. The van der Waals surface area contributed by atoms with Gasteiger partial charge in [-0.25, -0.2) is 20.2 Å². The van der Waals surface area contributed by atoms with Crippen LogP contribution in [0.2, 0.25) is 0 Å². The second-order valence-electron chi connectivity index (χ2n) is 7.46. The molecule has 0 aliphatic carbocycles. The normalized spacial score (nSPS) is 11.4. The van der Waals surface area contributed by atoms with Gasteiger partial charge in [0.2, 0.25) is 0 Å². The zero-order valence-corrected chi connectivity index (χ0v) is 18.6. The summed E-state index contributed by atoms with van der Waals surface area (Å²) in [5.41, 5.74) is 4.42. The van der Waals surface area contributed by atoms with Crippen molar-refractivity contribution in [2.24, 2.45) is 5.10 Å². The summed E-state index contributed by atoms with van der Waals surface area (Å²) in [6.45, 7) is 9.01. The number of aromatic nitrogens is 2. The molecule has 2 aromatic rings. The Hall–Kier alpha value is -2.94. The van der Waals surface area contributed by atoms with Crippen LogP contribution in [-0.4, -0.2) is 46.0 Å². The highest BCUT2D eigenvalue weighted by Crippen LogP contribution is 2.14. The standard InChI is InChI=1S/C21H26N4O4S/c1-14-10-15(2)24-20(23-14)30-13-18(26)25-22-11-16-6-8-17(9-7-16)28-12-19(27)29-21(3,4)5/h6-11H,12-13H2,1-5H3,(H,25,26)/b22-11-. The lowest BCUT2D eigenvalue weighted by atomic mass is 10.2. The number of nitrogens with zero attached hydrogens (tertiary/aromatic N) is 3. The minimum atomic E-state index is -0.546. The third kappa shape index (κ3) is 9.04. The summed E-state index contributed by atoms with van der Waals surface area (Å²) < 4.78 is 10.6. The average molecular weight is 431 g/mol. The fourth-order valence-corrected chi connectivity index (χ4v) is 3.00. The van der Waals surface area contributed by atoms with Gasteiger partial charge in [-0.3, -0.25) is 4.79 Å². The number of carbonyl (C=O) groups is 2. The number of ether oxygens (including phenoxy) is 2. The van der Waals surface area contributed by atoms with Crippen molar-refractivity contribution in [3.05, 3.63) is 47.3 Å². The molecule has 0 radical (unpaired) electrons. The van der Waals surface area contributed by atoms with E-state index in [-0.39, 0.29) is 18.3 Å². The van der Waals surface area contributed by atoms with E-state index >= 15 is 0 Å². The molecule has 0 fully saturated rings. The van der Waals surface area contributed by atoms with Crippen LogP contribution in [0.3, 0.4) is 0 Å². The van der Waals surface area contributed by atoms with E-state index in [0.717, 1.165) is 17.0 Å². The molecular weight excluding hydrogens is 404 g/mol. The van der Waals surface area contributed by atoms with Crippen molar-refractivity contribution in [3.63, 3.8) is 0 Å². The minimum absolute atomic E-state index is 0.164. The second kappa shape index (κ2) is 10.7. The first-order chi connectivity index (χ1) is 14.1. The molecule has 0 aliphatic rings. The van der Waals surface area contributed by atoms with E-state index in [2.05, 4.69) is 20.5 Å². The molecular formula is C21H26N4O4S. The number of carbonyl (C=O) groups excluding carboxylic acids is 2. The molecule has 2 rings (SSSR count). The Balaban J connectivity index is 1.75. The summed E-state index contributed by atoms with van der Waals surface area (Å²) in [5.74, 6) is 0.0145. The molecule has 1 N–H and O–H groups in total. The quantitative estimate of drug-likeness (QED) is 0.226. The van der Waals surface area contributed by atoms with Crippen molar-refractivity contribution in [3.8, 4) is 5.75 Å². The van der Waals surface area contributed by atoms with Crippen LogP contribution in [0.15, 0.2) is 40.6 Å². The van der Waals surface area contributed by atoms with E-state index in [1.165, 1.54) is 18.0 Å². The average Bonchev–Trinajstić information content (AvgIpc) is 2.64. The SMILES string of the molecule is Cc1cc(C)nc(SCC(=O)N/N=C\c2ccc(OCC(=O)OC(C)(C)C)cc2)n1. The smallest absolute Gasteiger partial charge is 0.344 e. The molecule has 0 bridgehead atoms. The lowest BCUT2D eigenvalue weighted by molar-refractivity contribution is -0.157. The summed E-state index contributed by atoms with van der Waals surface area (Å²) in [5, 5.41) is 4.50. The highest BCUT2D eigenvalue weighted by atomic mass is 32.2. The van der Waals surface area contributed by atoms with Crippen molar-refractivity contribution < 1.29 is 19.1 Å². The topological polar surface area (TPSA) is 103 Å². The molecule has 1 aromatic carbocycles. The fourth-order valence-electron chi connectivity index (χ4n) is 2.26. The largest absolute Gasteiger partial charge is 0.482 e. The van der Waals surface area contributed by atoms with Gasteiger partial charge in [0.05, 0.1) is 12.0 Å². The first-order valence-electron chi connectivity index (χ1n) is 9.32. The number of hydrogen-bond acceptors (Lipinski definition) is 8. The number of thioether (sulfide) groups is 1. The molecule has 8 nitrogen and oxygen atoms in total. The Morgan fingerprint density at radius 2 is 1.77 bits per heavy atom. The maximum Gasteiger partial charge on any atom is 0.344 e. The highest BCUT2D eigenvalue weighted by molar-refractivity contribution is 7.99. The van der Waals surface area contributed by atoms with Gasteiger partial charge in [-0.15, -0.1) is 0 Å². The van der Waals surface area contributed by atoms with Gasteiger partial charge in [0, 0.05) is 11.4 Å². The molecule has 0 saturated heterocycles. The zero-order valence-electron chi connectivity index (χ0n) is 17.8. The highest BCUT2D eigenvalue weighted by Gasteiger charge is 2.16. The summed E-state index contributed by atoms with van der Waals surface area (Å²) in [6.07, 6.45) is 1.52. The summed E-state index contributed by atoms with van der Waals surface area (Å²) in [7, 11) is 0. The molecule has 1 aromatic heterocycles. The second-order valence-corrected chi connectivity index (χ2v) is 8.40. The number of rotatable bonds is 8. The van der Waals surface area contributed by atoms with Crippen LogP contribution in [0.5, 0.6) is 5.75 Å². The zero-order chi connectivity index (χ0) is 22.1. The molecule has 1 amide bonds. The van der Waals surface area contributed by atoms with Gasteiger partial charge >= 0.3 is 5.97 Å². The summed E-state index contributed by atoms with van der Waals surface area (Å²) >= 11 is 1.25. The molecule has 30 heavy (non-hydrogen) atoms. The molecule has 0 aliphatic heterocycles. The number of hydrogen-bond donors (Lipinski definition) is 1. The number of hydrazone groups is 1. The molecule has 160 valence electrons. The predicted octanol–water partition coefficient (Wildman–Crippen LogP) is 3.06. The van der Waals surface area contributed by atoms with E-state index in [0.29, 0.717) is 10.9 Å². The predicted molar refractivity (Wildman–Crippen MR) is 116 cm³/mol.